The summed E-state index contributed by atoms with van der Waals surface area (Å²) in [5.41, 5.74) is 1.28. The molecular formula is C21H17ClF3N3O4S. The summed E-state index contributed by atoms with van der Waals surface area (Å²) in [5.74, 6) is -0.566. The van der Waals surface area contributed by atoms with Crippen molar-refractivity contribution >= 4 is 39.4 Å². The molecule has 0 saturated heterocycles. The van der Waals surface area contributed by atoms with E-state index >= 15 is 0 Å². The molecule has 1 aromatic heterocycles. The predicted octanol–water partition coefficient (Wildman–Crippen LogP) is 4.61. The van der Waals surface area contributed by atoms with Gasteiger partial charge < -0.3 is 4.42 Å². The van der Waals surface area contributed by atoms with E-state index in [0.717, 1.165) is 17.7 Å². The minimum atomic E-state index is -4.83. The first-order valence-corrected chi connectivity index (χ1v) is 11.1. The molecule has 1 amide bonds. The van der Waals surface area contributed by atoms with E-state index in [1.54, 1.807) is 19.1 Å². The Bertz CT molecular complexity index is 1260. The summed E-state index contributed by atoms with van der Waals surface area (Å²) in [6.45, 7) is 0.901. The number of amides is 1. The maximum atomic E-state index is 13.4. The fourth-order valence-corrected chi connectivity index (χ4v) is 4.37. The number of carbonyl (C=O) groups excluding carboxylic acids is 1. The van der Waals surface area contributed by atoms with E-state index in [0.29, 0.717) is 16.1 Å². The second-order valence-electron chi connectivity index (χ2n) is 6.80. The van der Waals surface area contributed by atoms with Crippen LogP contribution in [0.5, 0.6) is 0 Å². The van der Waals surface area contributed by atoms with Crippen molar-refractivity contribution in [2.75, 3.05) is 10.8 Å². The van der Waals surface area contributed by atoms with Crippen molar-refractivity contribution in [3.63, 3.8) is 0 Å². The Kier molecular flexibility index (Phi) is 7.13. The lowest BCUT2D eigenvalue weighted by molar-refractivity contribution is -0.137. The van der Waals surface area contributed by atoms with Gasteiger partial charge >= 0.3 is 6.18 Å². The van der Waals surface area contributed by atoms with Crippen LogP contribution in [0.4, 0.5) is 18.9 Å². The van der Waals surface area contributed by atoms with E-state index in [2.05, 4.69) is 10.5 Å². The van der Waals surface area contributed by atoms with Crippen LogP contribution in [0.25, 0.3) is 0 Å². The van der Waals surface area contributed by atoms with Gasteiger partial charge in [-0.05, 0) is 49.4 Å². The molecule has 3 rings (SSSR count). The van der Waals surface area contributed by atoms with Gasteiger partial charge in [-0.25, -0.2) is 13.8 Å². The molecule has 0 aliphatic carbocycles. The Balaban J connectivity index is 1.98. The van der Waals surface area contributed by atoms with Crippen molar-refractivity contribution in [1.82, 2.24) is 5.43 Å². The standard InChI is InChI=1S/C21H17ClF3N3O4S/c1-14-4-7-17(8-5-14)33(30,31)28(13-20(29)27-26-12-16-3-2-10-32-16)15-6-9-19(22)18(11-15)21(23,24)25/h2-12H,13H2,1H3,(H,27,29)/b26-12-. The van der Waals surface area contributed by atoms with Crippen LogP contribution in [-0.2, 0) is 21.0 Å². The summed E-state index contributed by atoms with van der Waals surface area (Å²) in [7, 11) is -4.42. The van der Waals surface area contributed by atoms with E-state index in [4.69, 9.17) is 16.0 Å². The number of nitrogens with zero attached hydrogens (tertiary/aromatic N) is 2. The Labute approximate surface area is 192 Å². The van der Waals surface area contributed by atoms with Crippen LogP contribution in [-0.4, -0.2) is 27.1 Å². The number of halogens is 4. The fraction of sp³-hybridized carbons (Fsp3) is 0.143. The van der Waals surface area contributed by atoms with E-state index in [1.165, 1.54) is 36.7 Å². The molecule has 33 heavy (non-hydrogen) atoms. The van der Waals surface area contributed by atoms with E-state index in [9.17, 15) is 26.4 Å². The second-order valence-corrected chi connectivity index (χ2v) is 9.06. The van der Waals surface area contributed by atoms with Gasteiger partial charge in [-0.3, -0.25) is 9.10 Å². The molecule has 0 aliphatic rings. The highest BCUT2D eigenvalue weighted by Gasteiger charge is 2.35. The first kappa shape index (κ1) is 24.3. The zero-order valence-electron chi connectivity index (χ0n) is 17.0. The Hall–Kier alpha value is -3.31. The fourth-order valence-electron chi connectivity index (χ4n) is 2.74. The van der Waals surface area contributed by atoms with Crippen molar-refractivity contribution in [3.8, 4) is 0 Å². The van der Waals surface area contributed by atoms with E-state index in [-0.39, 0.29) is 4.90 Å². The zero-order valence-corrected chi connectivity index (χ0v) is 18.6. The van der Waals surface area contributed by atoms with Gasteiger partial charge in [0.2, 0.25) is 0 Å². The van der Waals surface area contributed by atoms with Gasteiger partial charge in [0, 0.05) is 0 Å². The number of furan rings is 1. The number of hydrogen-bond donors (Lipinski definition) is 1. The number of carbonyl (C=O) groups is 1. The van der Waals surface area contributed by atoms with Gasteiger partial charge in [-0.15, -0.1) is 0 Å². The van der Waals surface area contributed by atoms with Crippen LogP contribution in [0.3, 0.4) is 0 Å². The molecule has 2 aromatic carbocycles. The number of benzene rings is 2. The quantitative estimate of drug-likeness (QED) is 0.380. The Morgan fingerprint density at radius 1 is 1.18 bits per heavy atom. The van der Waals surface area contributed by atoms with Crippen LogP contribution in [0.15, 0.2) is 75.3 Å². The largest absolute Gasteiger partial charge is 0.463 e. The SMILES string of the molecule is Cc1ccc(S(=O)(=O)N(CC(=O)N/N=C\c2ccco2)c2ccc(Cl)c(C(F)(F)F)c2)cc1. The van der Waals surface area contributed by atoms with Crippen LogP contribution in [0, 0.1) is 6.92 Å². The molecule has 0 bridgehead atoms. The summed E-state index contributed by atoms with van der Waals surface area (Å²) in [4.78, 5) is 12.2. The molecule has 174 valence electrons. The maximum absolute atomic E-state index is 13.4. The monoisotopic (exact) mass is 499 g/mol. The number of hydrogen-bond acceptors (Lipinski definition) is 5. The predicted molar refractivity (Wildman–Crippen MR) is 117 cm³/mol. The van der Waals surface area contributed by atoms with Gasteiger partial charge in [-0.2, -0.15) is 18.3 Å². The van der Waals surface area contributed by atoms with Crippen molar-refractivity contribution in [3.05, 3.63) is 82.8 Å². The Morgan fingerprint density at radius 2 is 1.88 bits per heavy atom. The number of aryl methyl sites for hydroxylation is 1. The zero-order chi connectivity index (χ0) is 24.2. The highest BCUT2D eigenvalue weighted by molar-refractivity contribution is 7.92. The number of hydrazone groups is 1. The number of rotatable bonds is 7. The summed E-state index contributed by atoms with van der Waals surface area (Å²) >= 11 is 5.66. The van der Waals surface area contributed by atoms with Gasteiger partial charge in [0.25, 0.3) is 15.9 Å². The molecule has 0 atom stereocenters. The van der Waals surface area contributed by atoms with Crippen molar-refractivity contribution in [2.24, 2.45) is 5.10 Å². The van der Waals surface area contributed by atoms with Gasteiger partial charge in [0.15, 0.2) is 0 Å². The molecule has 0 aliphatic heterocycles. The highest BCUT2D eigenvalue weighted by Crippen LogP contribution is 2.38. The second kappa shape index (κ2) is 9.67. The summed E-state index contributed by atoms with van der Waals surface area (Å²) in [6, 6.07) is 11.4. The first-order chi connectivity index (χ1) is 15.5. The van der Waals surface area contributed by atoms with E-state index < -0.39 is 44.9 Å². The van der Waals surface area contributed by atoms with E-state index in [1.807, 2.05) is 0 Å². The lowest BCUT2D eigenvalue weighted by Crippen LogP contribution is -2.39. The van der Waals surface area contributed by atoms with Crippen molar-refractivity contribution in [2.45, 2.75) is 18.0 Å². The third-order valence-corrected chi connectivity index (χ3v) is 6.48. The summed E-state index contributed by atoms with van der Waals surface area (Å²) in [6.07, 6.45) is -2.26. The number of sulfonamides is 1. The molecule has 12 heteroatoms. The minimum Gasteiger partial charge on any atom is -0.463 e. The number of nitrogens with one attached hydrogen (secondary N) is 1. The average Bonchev–Trinajstić information content (AvgIpc) is 3.25. The normalized spacial score (nSPS) is 12.2. The minimum absolute atomic E-state index is 0.205. The molecule has 1 heterocycles. The first-order valence-electron chi connectivity index (χ1n) is 9.30. The molecule has 0 spiro atoms. The molecule has 1 N–H and O–H groups in total. The smallest absolute Gasteiger partial charge is 0.417 e. The third-order valence-electron chi connectivity index (χ3n) is 4.36. The van der Waals surface area contributed by atoms with Gasteiger partial charge in [-0.1, -0.05) is 29.3 Å². The molecule has 7 nitrogen and oxygen atoms in total. The summed E-state index contributed by atoms with van der Waals surface area (Å²) < 4.78 is 72.2. The lowest BCUT2D eigenvalue weighted by Gasteiger charge is -2.25. The topological polar surface area (TPSA) is 92.0 Å². The molecule has 0 saturated carbocycles. The maximum Gasteiger partial charge on any atom is 0.417 e. The lowest BCUT2D eigenvalue weighted by atomic mass is 10.2. The van der Waals surface area contributed by atoms with Crippen LogP contribution < -0.4 is 9.73 Å². The molecule has 0 unspecified atom stereocenters. The molecule has 0 fully saturated rings. The van der Waals surface area contributed by atoms with Crippen molar-refractivity contribution in [1.29, 1.82) is 0 Å². The number of alkyl halides is 3. The molecule has 0 radical (unpaired) electrons. The van der Waals surface area contributed by atoms with Crippen molar-refractivity contribution < 1.29 is 30.8 Å². The average molecular weight is 500 g/mol. The van der Waals surface area contributed by atoms with Crippen LogP contribution in [0.1, 0.15) is 16.9 Å². The third kappa shape index (κ3) is 5.93. The van der Waals surface area contributed by atoms with Gasteiger partial charge in [0.05, 0.1) is 33.6 Å². The highest BCUT2D eigenvalue weighted by atomic mass is 35.5. The van der Waals surface area contributed by atoms with Gasteiger partial charge in [0.1, 0.15) is 12.3 Å². The Morgan fingerprint density at radius 3 is 2.48 bits per heavy atom. The van der Waals surface area contributed by atoms with Crippen LogP contribution in [0.2, 0.25) is 5.02 Å². The van der Waals surface area contributed by atoms with Crippen LogP contribution >= 0.6 is 11.6 Å². The molecule has 3 aromatic rings. The summed E-state index contributed by atoms with van der Waals surface area (Å²) in [5, 5.41) is 3.05. The molecular weight excluding hydrogens is 483 g/mol. The number of anilines is 1.